The molecular formula is C24H25ClN6O. The van der Waals surface area contributed by atoms with Gasteiger partial charge in [0.05, 0.1) is 29.3 Å². The number of pyridine rings is 1. The average Bonchev–Trinajstić information content (AvgIpc) is 3.51. The van der Waals surface area contributed by atoms with Crippen LogP contribution in [0.15, 0.2) is 36.5 Å². The van der Waals surface area contributed by atoms with Gasteiger partial charge in [0, 0.05) is 16.6 Å². The predicted octanol–water partition coefficient (Wildman–Crippen LogP) is 4.77. The Morgan fingerprint density at radius 1 is 1.12 bits per heavy atom. The van der Waals surface area contributed by atoms with Crippen LogP contribution < -0.4 is 5.32 Å². The van der Waals surface area contributed by atoms with E-state index in [1.807, 2.05) is 55.9 Å². The molecule has 1 aromatic carbocycles. The fourth-order valence-electron chi connectivity index (χ4n) is 4.31. The Morgan fingerprint density at radius 2 is 1.91 bits per heavy atom. The number of nitrogens with one attached hydrogen (secondary N) is 1. The van der Waals surface area contributed by atoms with E-state index in [9.17, 15) is 4.79 Å². The third-order valence-electron chi connectivity index (χ3n) is 6.02. The fraction of sp³-hybridized carbons (Fsp3) is 0.333. The summed E-state index contributed by atoms with van der Waals surface area (Å²) in [5, 5.41) is 14.0. The lowest BCUT2D eigenvalue weighted by molar-refractivity contribution is -0.116. The van der Waals surface area contributed by atoms with E-state index in [-0.39, 0.29) is 12.5 Å². The van der Waals surface area contributed by atoms with Gasteiger partial charge in [-0.1, -0.05) is 23.7 Å². The van der Waals surface area contributed by atoms with Crippen molar-refractivity contribution in [2.45, 2.75) is 52.6 Å². The van der Waals surface area contributed by atoms with Gasteiger partial charge in [-0.25, -0.2) is 9.67 Å². The summed E-state index contributed by atoms with van der Waals surface area (Å²) in [4.78, 5) is 17.4. The van der Waals surface area contributed by atoms with E-state index in [1.54, 1.807) is 4.68 Å². The maximum Gasteiger partial charge on any atom is 0.246 e. The average molecular weight is 449 g/mol. The Kier molecular flexibility index (Phi) is 5.21. The lowest BCUT2D eigenvalue weighted by Gasteiger charge is -2.08. The first kappa shape index (κ1) is 20.7. The molecule has 1 aliphatic rings. The zero-order valence-corrected chi connectivity index (χ0v) is 19.1. The first-order valence-corrected chi connectivity index (χ1v) is 11.2. The molecule has 0 spiro atoms. The van der Waals surface area contributed by atoms with E-state index >= 15 is 0 Å². The van der Waals surface area contributed by atoms with Crippen LogP contribution in [0.2, 0.25) is 5.02 Å². The number of hydrogen-bond acceptors (Lipinski definition) is 4. The molecule has 3 aromatic heterocycles. The number of anilines is 1. The van der Waals surface area contributed by atoms with Crippen LogP contribution in [0, 0.1) is 20.8 Å². The first-order chi connectivity index (χ1) is 15.4. The van der Waals surface area contributed by atoms with Gasteiger partial charge in [0.1, 0.15) is 6.54 Å². The Bertz CT molecular complexity index is 1330. The van der Waals surface area contributed by atoms with Crippen molar-refractivity contribution in [3.05, 3.63) is 69.8 Å². The number of hydrogen-bond donors (Lipinski definition) is 1. The number of aromatic nitrogens is 5. The molecule has 1 aliphatic carbocycles. The van der Waals surface area contributed by atoms with Crippen molar-refractivity contribution in [1.82, 2.24) is 24.5 Å². The number of carbonyl (C=O) groups is 1. The number of fused-ring (bicyclic) bond motifs is 1. The maximum atomic E-state index is 12.9. The van der Waals surface area contributed by atoms with Gasteiger partial charge in [-0.05, 0) is 68.9 Å². The second-order valence-corrected chi connectivity index (χ2v) is 8.93. The van der Waals surface area contributed by atoms with Gasteiger partial charge in [-0.2, -0.15) is 10.2 Å². The molecule has 1 fully saturated rings. The van der Waals surface area contributed by atoms with Crippen molar-refractivity contribution in [1.29, 1.82) is 0 Å². The quantitative estimate of drug-likeness (QED) is 0.460. The largest absolute Gasteiger partial charge is 0.321 e. The lowest BCUT2D eigenvalue weighted by atomic mass is 10.1. The number of aryl methyl sites for hydroxylation is 2. The van der Waals surface area contributed by atoms with Gasteiger partial charge in [0.15, 0.2) is 5.65 Å². The second kappa shape index (κ2) is 8.06. The van der Waals surface area contributed by atoms with E-state index in [0.717, 1.165) is 39.4 Å². The van der Waals surface area contributed by atoms with Crippen molar-refractivity contribution in [2.75, 3.05) is 5.32 Å². The van der Waals surface area contributed by atoms with Crippen molar-refractivity contribution < 1.29 is 4.79 Å². The van der Waals surface area contributed by atoms with Gasteiger partial charge in [-0.3, -0.25) is 9.48 Å². The van der Waals surface area contributed by atoms with Gasteiger partial charge < -0.3 is 5.32 Å². The van der Waals surface area contributed by atoms with Crippen LogP contribution in [0.3, 0.4) is 0 Å². The number of halogens is 1. The minimum Gasteiger partial charge on any atom is -0.321 e. The highest BCUT2D eigenvalue weighted by molar-refractivity contribution is 6.30. The highest BCUT2D eigenvalue weighted by atomic mass is 35.5. The summed E-state index contributed by atoms with van der Waals surface area (Å²) in [6.45, 7) is 6.52. The lowest BCUT2D eigenvalue weighted by Crippen LogP contribution is -2.20. The minimum atomic E-state index is -0.151. The number of amides is 1. The monoisotopic (exact) mass is 448 g/mol. The summed E-state index contributed by atoms with van der Waals surface area (Å²) >= 11 is 6.11. The number of benzene rings is 1. The topological polar surface area (TPSA) is 77.6 Å². The van der Waals surface area contributed by atoms with Crippen molar-refractivity contribution in [3.63, 3.8) is 0 Å². The molecule has 0 aliphatic heterocycles. The summed E-state index contributed by atoms with van der Waals surface area (Å²) in [6, 6.07) is 9.78. The van der Waals surface area contributed by atoms with E-state index in [2.05, 4.69) is 26.6 Å². The van der Waals surface area contributed by atoms with E-state index in [0.29, 0.717) is 17.5 Å². The Hall–Kier alpha value is -3.19. The molecule has 8 heteroatoms. The van der Waals surface area contributed by atoms with Gasteiger partial charge in [0.25, 0.3) is 0 Å². The maximum absolute atomic E-state index is 12.9. The SMILES string of the molecule is Cc1nn(Cc2cccc(Cl)c2)c(C)c1NC(=O)Cn1nc(C)c2c(C3CC3)ccnc21. The summed E-state index contributed by atoms with van der Waals surface area (Å²) in [5.74, 6) is 0.447. The summed E-state index contributed by atoms with van der Waals surface area (Å²) in [7, 11) is 0. The minimum absolute atomic E-state index is 0.101. The van der Waals surface area contributed by atoms with Crippen molar-refractivity contribution >= 4 is 34.2 Å². The molecule has 32 heavy (non-hydrogen) atoms. The molecule has 0 unspecified atom stereocenters. The van der Waals surface area contributed by atoms with Gasteiger partial charge in [0.2, 0.25) is 5.91 Å². The summed E-state index contributed by atoms with van der Waals surface area (Å²) in [5.41, 5.74) is 6.44. The molecule has 3 heterocycles. The van der Waals surface area contributed by atoms with Crippen LogP contribution in [0.5, 0.6) is 0 Å². The molecule has 1 amide bonds. The molecule has 1 saturated carbocycles. The van der Waals surface area contributed by atoms with Crippen molar-refractivity contribution in [3.8, 4) is 0 Å². The van der Waals surface area contributed by atoms with E-state index in [4.69, 9.17) is 11.6 Å². The summed E-state index contributed by atoms with van der Waals surface area (Å²) in [6.07, 6.45) is 4.24. The Labute approximate surface area is 191 Å². The third kappa shape index (κ3) is 3.88. The highest BCUT2D eigenvalue weighted by Gasteiger charge is 2.28. The predicted molar refractivity (Wildman–Crippen MR) is 125 cm³/mol. The Balaban J connectivity index is 1.36. The number of rotatable bonds is 6. The van der Waals surface area contributed by atoms with Gasteiger partial charge >= 0.3 is 0 Å². The van der Waals surface area contributed by atoms with Crippen LogP contribution in [0.4, 0.5) is 5.69 Å². The zero-order chi connectivity index (χ0) is 22.4. The van der Waals surface area contributed by atoms with Gasteiger partial charge in [-0.15, -0.1) is 0 Å². The highest BCUT2D eigenvalue weighted by Crippen LogP contribution is 2.43. The third-order valence-corrected chi connectivity index (χ3v) is 6.25. The molecule has 0 saturated heterocycles. The molecule has 0 atom stereocenters. The number of carbonyl (C=O) groups excluding carboxylic acids is 1. The number of nitrogens with zero attached hydrogens (tertiary/aromatic N) is 5. The summed E-state index contributed by atoms with van der Waals surface area (Å²) < 4.78 is 3.58. The van der Waals surface area contributed by atoms with Crippen LogP contribution in [0.25, 0.3) is 11.0 Å². The van der Waals surface area contributed by atoms with E-state index in [1.165, 1.54) is 18.4 Å². The molecule has 1 N–H and O–H groups in total. The van der Waals surface area contributed by atoms with Crippen LogP contribution in [-0.4, -0.2) is 30.5 Å². The van der Waals surface area contributed by atoms with Crippen molar-refractivity contribution in [2.24, 2.45) is 0 Å². The fourth-order valence-corrected chi connectivity index (χ4v) is 4.52. The zero-order valence-electron chi connectivity index (χ0n) is 18.4. The standard InChI is InChI=1S/C24H25ClN6O/c1-14-22-20(18-7-8-18)9-10-26-24(22)31(28-14)13-21(32)27-23-15(2)29-30(16(23)3)12-17-5-4-6-19(25)11-17/h4-6,9-11,18H,7-8,12-13H2,1-3H3,(H,27,32). The van der Waals surface area contributed by atoms with E-state index < -0.39 is 0 Å². The smallest absolute Gasteiger partial charge is 0.246 e. The van der Waals surface area contributed by atoms with Crippen LogP contribution in [0.1, 0.15) is 47.0 Å². The normalized spacial score (nSPS) is 13.6. The molecule has 5 rings (SSSR count). The molecular weight excluding hydrogens is 424 g/mol. The second-order valence-electron chi connectivity index (χ2n) is 8.50. The molecule has 164 valence electrons. The van der Waals surface area contributed by atoms with Crippen LogP contribution in [-0.2, 0) is 17.9 Å². The van der Waals surface area contributed by atoms with Crippen LogP contribution >= 0.6 is 11.6 Å². The molecule has 7 nitrogen and oxygen atoms in total. The Morgan fingerprint density at radius 3 is 2.66 bits per heavy atom. The first-order valence-electron chi connectivity index (χ1n) is 10.8. The molecule has 4 aromatic rings. The molecule has 0 bridgehead atoms. The molecule has 0 radical (unpaired) electrons.